The highest BCUT2D eigenvalue weighted by Gasteiger charge is 2.30. The van der Waals surface area contributed by atoms with Crippen LogP contribution >= 0.6 is 24.8 Å². The first-order chi connectivity index (χ1) is 9.99. The van der Waals surface area contributed by atoms with Crippen molar-refractivity contribution in [1.82, 2.24) is 10.2 Å². The number of phenolic OH excluding ortho intramolecular Hbond substituents is 1. The minimum Gasteiger partial charge on any atom is -0.504 e. The van der Waals surface area contributed by atoms with Crippen LogP contribution in [0.3, 0.4) is 0 Å². The highest BCUT2D eigenvalue weighted by Crippen LogP contribution is 2.34. The lowest BCUT2D eigenvalue weighted by molar-refractivity contribution is -0.132. The van der Waals surface area contributed by atoms with Gasteiger partial charge in [-0.3, -0.25) is 9.69 Å². The Morgan fingerprint density at radius 1 is 1.30 bits per heavy atom. The van der Waals surface area contributed by atoms with Gasteiger partial charge in [0.2, 0.25) is 0 Å². The standard InChI is InChI=1S/C14H18F2N2O3.2ClH/c1-9(19)21-12-3-2-10(8-11(12)20)13(14(15)16)18-6-4-17-5-7-18;;/h2-3,8,13-14,17,20H,4-7H2,1H3;2*1H/t13-;;/m0../s1. The largest absolute Gasteiger partial charge is 0.504 e. The highest BCUT2D eigenvalue weighted by atomic mass is 35.5. The van der Waals surface area contributed by atoms with Crippen LogP contribution in [0.5, 0.6) is 11.5 Å². The number of aromatic hydroxyl groups is 1. The summed E-state index contributed by atoms with van der Waals surface area (Å²) in [6.45, 7) is 3.54. The van der Waals surface area contributed by atoms with Crippen molar-refractivity contribution in [3.63, 3.8) is 0 Å². The molecule has 23 heavy (non-hydrogen) atoms. The minimum atomic E-state index is -2.57. The van der Waals surface area contributed by atoms with E-state index in [9.17, 15) is 18.7 Å². The van der Waals surface area contributed by atoms with Crippen molar-refractivity contribution in [2.45, 2.75) is 19.4 Å². The zero-order valence-electron chi connectivity index (χ0n) is 12.5. The molecule has 9 heteroatoms. The summed E-state index contributed by atoms with van der Waals surface area (Å²) in [5.74, 6) is -0.923. The van der Waals surface area contributed by atoms with Gasteiger partial charge in [0.15, 0.2) is 11.5 Å². The van der Waals surface area contributed by atoms with Crippen LogP contribution < -0.4 is 10.1 Å². The highest BCUT2D eigenvalue weighted by molar-refractivity contribution is 5.85. The predicted molar refractivity (Wildman–Crippen MR) is 87.1 cm³/mol. The third-order valence-corrected chi connectivity index (χ3v) is 3.36. The maximum Gasteiger partial charge on any atom is 0.308 e. The van der Waals surface area contributed by atoms with Crippen molar-refractivity contribution < 1.29 is 23.4 Å². The summed E-state index contributed by atoms with van der Waals surface area (Å²) in [5, 5.41) is 12.9. The van der Waals surface area contributed by atoms with E-state index < -0.39 is 18.4 Å². The lowest BCUT2D eigenvalue weighted by atomic mass is 10.0. The molecule has 1 atom stereocenters. The summed E-state index contributed by atoms with van der Waals surface area (Å²) in [6.07, 6.45) is -2.57. The first-order valence-corrected chi connectivity index (χ1v) is 6.73. The Balaban J connectivity index is 0.00000242. The molecule has 5 nitrogen and oxygen atoms in total. The van der Waals surface area contributed by atoms with Crippen molar-refractivity contribution in [3.8, 4) is 11.5 Å². The molecule has 1 aliphatic rings. The van der Waals surface area contributed by atoms with Gasteiger partial charge in [-0.1, -0.05) is 6.07 Å². The molecule has 0 aromatic heterocycles. The van der Waals surface area contributed by atoms with Gasteiger partial charge in [-0.05, 0) is 17.7 Å². The van der Waals surface area contributed by atoms with Crippen LogP contribution in [0.2, 0.25) is 0 Å². The van der Waals surface area contributed by atoms with E-state index in [1.807, 2.05) is 0 Å². The Labute approximate surface area is 145 Å². The van der Waals surface area contributed by atoms with Gasteiger partial charge in [0, 0.05) is 33.1 Å². The fourth-order valence-electron chi connectivity index (χ4n) is 2.44. The molecule has 0 spiro atoms. The third-order valence-electron chi connectivity index (χ3n) is 3.36. The third kappa shape index (κ3) is 5.76. The Morgan fingerprint density at radius 3 is 2.39 bits per heavy atom. The Morgan fingerprint density at radius 2 is 1.91 bits per heavy atom. The quantitative estimate of drug-likeness (QED) is 0.627. The molecule has 1 fully saturated rings. The number of rotatable bonds is 4. The van der Waals surface area contributed by atoms with Crippen LogP contribution in [-0.2, 0) is 4.79 Å². The SMILES string of the molecule is CC(=O)Oc1ccc([C@@H](C(F)F)N2CCNCC2)cc1O.Cl.Cl. The molecule has 1 heterocycles. The van der Waals surface area contributed by atoms with E-state index in [-0.39, 0.29) is 36.3 Å². The number of hydrogen-bond acceptors (Lipinski definition) is 5. The van der Waals surface area contributed by atoms with Gasteiger partial charge in [0.25, 0.3) is 6.43 Å². The van der Waals surface area contributed by atoms with Gasteiger partial charge in [0.1, 0.15) is 0 Å². The van der Waals surface area contributed by atoms with Gasteiger partial charge in [-0.2, -0.15) is 0 Å². The molecule has 132 valence electrons. The molecule has 0 bridgehead atoms. The van der Waals surface area contributed by atoms with E-state index in [1.165, 1.54) is 25.1 Å². The molecular weight excluding hydrogens is 353 g/mol. The molecule has 1 aliphatic heterocycles. The number of nitrogens with one attached hydrogen (secondary N) is 1. The fraction of sp³-hybridized carbons (Fsp3) is 0.500. The second kappa shape index (κ2) is 9.87. The average molecular weight is 373 g/mol. The fourth-order valence-corrected chi connectivity index (χ4v) is 2.44. The molecule has 0 aliphatic carbocycles. The monoisotopic (exact) mass is 372 g/mol. The molecule has 0 amide bonds. The van der Waals surface area contributed by atoms with E-state index in [0.717, 1.165) is 0 Å². The van der Waals surface area contributed by atoms with Crippen LogP contribution in [0.25, 0.3) is 0 Å². The second-order valence-electron chi connectivity index (χ2n) is 4.89. The second-order valence-corrected chi connectivity index (χ2v) is 4.89. The molecule has 0 unspecified atom stereocenters. The first kappa shape index (κ1) is 21.9. The Bertz CT molecular complexity index is 515. The maximum atomic E-state index is 13.4. The number of phenols is 1. The van der Waals surface area contributed by atoms with Crippen LogP contribution in [0.15, 0.2) is 18.2 Å². The van der Waals surface area contributed by atoms with E-state index in [0.29, 0.717) is 31.7 Å². The smallest absolute Gasteiger partial charge is 0.308 e. The molecule has 0 radical (unpaired) electrons. The van der Waals surface area contributed by atoms with Crippen molar-refractivity contribution in [2.75, 3.05) is 26.2 Å². The zero-order valence-corrected chi connectivity index (χ0v) is 14.1. The normalized spacial score (nSPS) is 16.2. The number of nitrogens with zero attached hydrogens (tertiary/aromatic N) is 1. The summed E-state index contributed by atoms with van der Waals surface area (Å²) < 4.78 is 31.6. The van der Waals surface area contributed by atoms with Gasteiger partial charge in [0.05, 0.1) is 6.04 Å². The van der Waals surface area contributed by atoms with Crippen molar-refractivity contribution in [3.05, 3.63) is 23.8 Å². The number of esters is 1. The molecule has 2 N–H and O–H groups in total. The van der Waals surface area contributed by atoms with E-state index in [2.05, 4.69) is 5.32 Å². The van der Waals surface area contributed by atoms with E-state index in [1.54, 1.807) is 4.90 Å². The number of piperazine rings is 1. The number of halogens is 4. The number of benzene rings is 1. The van der Waals surface area contributed by atoms with Gasteiger partial charge < -0.3 is 15.2 Å². The molecule has 1 aromatic rings. The lowest BCUT2D eigenvalue weighted by Crippen LogP contribution is -2.46. The lowest BCUT2D eigenvalue weighted by Gasteiger charge is -2.34. The summed E-state index contributed by atoms with van der Waals surface area (Å²) in [4.78, 5) is 12.6. The Kier molecular flexibility index (Phi) is 9.38. The minimum absolute atomic E-state index is 0. The number of carbonyl (C=O) groups is 1. The van der Waals surface area contributed by atoms with Gasteiger partial charge in [-0.25, -0.2) is 8.78 Å². The number of hydrogen-bond donors (Lipinski definition) is 2. The molecule has 1 saturated heterocycles. The van der Waals surface area contributed by atoms with Crippen LogP contribution in [0.1, 0.15) is 18.5 Å². The molecule has 2 rings (SSSR count). The van der Waals surface area contributed by atoms with Crippen LogP contribution in [-0.4, -0.2) is 48.6 Å². The number of ether oxygens (including phenoxy) is 1. The summed E-state index contributed by atoms with van der Waals surface area (Å²) in [6, 6.07) is 2.95. The maximum absolute atomic E-state index is 13.4. The number of alkyl halides is 2. The number of carbonyl (C=O) groups excluding carboxylic acids is 1. The topological polar surface area (TPSA) is 61.8 Å². The van der Waals surface area contributed by atoms with Crippen molar-refractivity contribution in [1.29, 1.82) is 0 Å². The van der Waals surface area contributed by atoms with E-state index in [4.69, 9.17) is 4.74 Å². The van der Waals surface area contributed by atoms with Crippen molar-refractivity contribution in [2.24, 2.45) is 0 Å². The predicted octanol–water partition coefficient (Wildman–Crippen LogP) is 2.37. The Hall–Kier alpha value is -1.15. The van der Waals surface area contributed by atoms with E-state index >= 15 is 0 Å². The molecular formula is C14H20Cl2F2N2O3. The van der Waals surface area contributed by atoms with Gasteiger partial charge >= 0.3 is 5.97 Å². The summed E-state index contributed by atoms with van der Waals surface area (Å²) in [7, 11) is 0. The van der Waals surface area contributed by atoms with Crippen molar-refractivity contribution >= 4 is 30.8 Å². The molecule has 0 saturated carbocycles. The summed E-state index contributed by atoms with van der Waals surface area (Å²) >= 11 is 0. The van der Waals surface area contributed by atoms with Crippen LogP contribution in [0.4, 0.5) is 8.78 Å². The summed E-state index contributed by atoms with van der Waals surface area (Å²) in [5.41, 5.74) is 0.306. The molecule has 1 aromatic carbocycles. The van der Waals surface area contributed by atoms with Gasteiger partial charge in [-0.15, -0.1) is 24.8 Å². The zero-order chi connectivity index (χ0) is 15.4. The first-order valence-electron chi connectivity index (χ1n) is 6.73. The average Bonchev–Trinajstić information content (AvgIpc) is 2.42. The van der Waals surface area contributed by atoms with Crippen LogP contribution in [0, 0.1) is 0 Å².